The number of hydrogen-bond acceptors (Lipinski definition) is 7. The third-order valence-electron chi connectivity index (χ3n) is 4.07. The van der Waals surface area contributed by atoms with Gasteiger partial charge in [-0.25, -0.2) is 9.07 Å². The summed E-state index contributed by atoms with van der Waals surface area (Å²) in [5.74, 6) is 6.91. The molecule has 0 bridgehead atoms. The number of carbonyl (C=O) groups is 1. The molecule has 1 amide bonds. The Morgan fingerprint density at radius 3 is 2.48 bits per heavy atom. The summed E-state index contributed by atoms with van der Waals surface area (Å²) in [5, 5.41) is 10.7. The number of hydrogen-bond donors (Lipinski definition) is 2. The van der Waals surface area contributed by atoms with Crippen LogP contribution in [0.2, 0.25) is 0 Å². The van der Waals surface area contributed by atoms with Crippen molar-refractivity contribution in [1.82, 2.24) is 14.9 Å². The smallest absolute Gasteiger partial charge is 0.237 e. The van der Waals surface area contributed by atoms with Gasteiger partial charge in [-0.2, -0.15) is 0 Å². The standard InChI is InChI=1S/C19H20FN5O3S/c1-11(18(26)22-14-8-9-15(27-2)16(10-14)28-3)29-19-24-23-17(25(19)21)12-4-6-13(20)7-5-12/h4-11H,21H2,1-3H3,(H,22,26)/t11-/m0/s1. The van der Waals surface area contributed by atoms with E-state index in [9.17, 15) is 9.18 Å². The van der Waals surface area contributed by atoms with Gasteiger partial charge in [-0.15, -0.1) is 10.2 Å². The number of rotatable bonds is 7. The number of halogens is 1. The van der Waals surface area contributed by atoms with Gasteiger partial charge in [0.25, 0.3) is 0 Å². The van der Waals surface area contributed by atoms with E-state index in [4.69, 9.17) is 15.3 Å². The number of nitrogens with zero attached hydrogens (tertiary/aromatic N) is 3. The van der Waals surface area contributed by atoms with E-state index in [1.54, 1.807) is 37.3 Å². The predicted molar refractivity (Wildman–Crippen MR) is 109 cm³/mol. The number of benzene rings is 2. The largest absolute Gasteiger partial charge is 0.493 e. The highest BCUT2D eigenvalue weighted by atomic mass is 32.2. The van der Waals surface area contributed by atoms with Crippen LogP contribution in [-0.2, 0) is 4.79 Å². The molecule has 0 spiro atoms. The maximum atomic E-state index is 13.1. The number of methoxy groups -OCH3 is 2. The van der Waals surface area contributed by atoms with Gasteiger partial charge in [-0.3, -0.25) is 4.79 Å². The van der Waals surface area contributed by atoms with Crippen LogP contribution >= 0.6 is 11.8 Å². The third kappa shape index (κ3) is 4.60. The molecule has 1 aromatic heterocycles. The second kappa shape index (κ2) is 8.82. The summed E-state index contributed by atoms with van der Waals surface area (Å²) in [6.45, 7) is 1.73. The van der Waals surface area contributed by atoms with Crippen molar-refractivity contribution < 1.29 is 18.7 Å². The van der Waals surface area contributed by atoms with Gasteiger partial charge < -0.3 is 20.6 Å². The molecule has 3 rings (SSSR count). The molecule has 0 aliphatic carbocycles. The van der Waals surface area contributed by atoms with Crippen LogP contribution in [0.15, 0.2) is 47.6 Å². The van der Waals surface area contributed by atoms with Crippen molar-refractivity contribution in [3.63, 3.8) is 0 Å². The highest BCUT2D eigenvalue weighted by Gasteiger charge is 2.20. The van der Waals surface area contributed by atoms with Crippen LogP contribution in [0.25, 0.3) is 11.4 Å². The number of amides is 1. The second-order valence-electron chi connectivity index (χ2n) is 6.00. The van der Waals surface area contributed by atoms with Crippen LogP contribution in [0, 0.1) is 5.82 Å². The quantitative estimate of drug-likeness (QED) is 0.450. The fourth-order valence-electron chi connectivity index (χ4n) is 2.52. The Labute approximate surface area is 171 Å². The lowest BCUT2D eigenvalue weighted by molar-refractivity contribution is -0.115. The van der Waals surface area contributed by atoms with Gasteiger partial charge in [0, 0.05) is 17.3 Å². The van der Waals surface area contributed by atoms with Crippen molar-refractivity contribution in [2.75, 3.05) is 25.4 Å². The number of anilines is 1. The number of carbonyl (C=O) groups excluding carboxylic acids is 1. The lowest BCUT2D eigenvalue weighted by Crippen LogP contribution is -2.23. The lowest BCUT2D eigenvalue weighted by atomic mass is 10.2. The molecule has 3 aromatic rings. The molecule has 8 nitrogen and oxygen atoms in total. The average molecular weight is 417 g/mol. The predicted octanol–water partition coefficient (Wildman–Crippen LogP) is 2.93. The lowest BCUT2D eigenvalue weighted by Gasteiger charge is -2.13. The van der Waals surface area contributed by atoms with Gasteiger partial charge in [0.1, 0.15) is 5.82 Å². The van der Waals surface area contributed by atoms with Gasteiger partial charge in [-0.05, 0) is 43.3 Å². The zero-order valence-electron chi connectivity index (χ0n) is 16.0. The summed E-state index contributed by atoms with van der Waals surface area (Å²) in [6.07, 6.45) is 0. The first-order valence-corrected chi connectivity index (χ1v) is 9.47. The molecule has 2 aromatic carbocycles. The Hall–Kier alpha value is -3.27. The molecule has 1 atom stereocenters. The number of nitrogens with two attached hydrogens (primary N) is 1. The van der Waals surface area contributed by atoms with E-state index in [0.29, 0.717) is 33.7 Å². The summed E-state index contributed by atoms with van der Waals surface area (Å²) in [5.41, 5.74) is 1.19. The number of thioether (sulfide) groups is 1. The fourth-order valence-corrected chi connectivity index (χ4v) is 3.29. The van der Waals surface area contributed by atoms with Crippen molar-refractivity contribution in [2.24, 2.45) is 0 Å². The van der Waals surface area contributed by atoms with Crippen LogP contribution in [0.5, 0.6) is 11.5 Å². The second-order valence-corrected chi connectivity index (χ2v) is 7.31. The molecule has 0 saturated carbocycles. The molecule has 3 N–H and O–H groups in total. The van der Waals surface area contributed by atoms with Crippen LogP contribution in [0.3, 0.4) is 0 Å². The molecule has 29 heavy (non-hydrogen) atoms. The fraction of sp³-hybridized carbons (Fsp3) is 0.211. The van der Waals surface area contributed by atoms with Crippen molar-refractivity contribution >= 4 is 23.4 Å². The molecular weight excluding hydrogens is 397 g/mol. The molecule has 0 saturated heterocycles. The highest BCUT2D eigenvalue weighted by molar-refractivity contribution is 8.00. The van der Waals surface area contributed by atoms with Crippen molar-refractivity contribution in [3.8, 4) is 22.9 Å². The van der Waals surface area contributed by atoms with E-state index in [1.807, 2.05) is 0 Å². The summed E-state index contributed by atoms with van der Waals surface area (Å²) < 4.78 is 24.8. The van der Waals surface area contributed by atoms with Gasteiger partial charge in [0.15, 0.2) is 17.3 Å². The van der Waals surface area contributed by atoms with Crippen molar-refractivity contribution in [2.45, 2.75) is 17.3 Å². The minimum Gasteiger partial charge on any atom is -0.493 e. The van der Waals surface area contributed by atoms with Crippen molar-refractivity contribution in [3.05, 3.63) is 48.3 Å². The van der Waals surface area contributed by atoms with Crippen LogP contribution in [0.1, 0.15) is 6.92 Å². The normalized spacial score (nSPS) is 11.7. The molecule has 152 valence electrons. The molecule has 0 aliphatic heterocycles. The molecular formula is C19H20FN5O3S. The Balaban J connectivity index is 1.69. The summed E-state index contributed by atoms with van der Waals surface area (Å²) >= 11 is 1.16. The maximum absolute atomic E-state index is 13.1. The number of ether oxygens (including phenoxy) is 2. The van der Waals surface area contributed by atoms with E-state index >= 15 is 0 Å². The number of aromatic nitrogens is 3. The first-order valence-electron chi connectivity index (χ1n) is 8.59. The molecule has 0 radical (unpaired) electrons. The Morgan fingerprint density at radius 2 is 1.83 bits per heavy atom. The first kappa shape index (κ1) is 20.5. The monoisotopic (exact) mass is 417 g/mol. The Bertz CT molecular complexity index is 1010. The Kier molecular flexibility index (Phi) is 6.23. The van der Waals surface area contributed by atoms with Gasteiger partial charge in [0.2, 0.25) is 11.1 Å². The van der Waals surface area contributed by atoms with E-state index in [0.717, 1.165) is 11.8 Å². The summed E-state index contributed by atoms with van der Waals surface area (Å²) in [6, 6.07) is 10.8. The van der Waals surface area contributed by atoms with Crippen LogP contribution in [0.4, 0.5) is 10.1 Å². The van der Waals surface area contributed by atoms with E-state index < -0.39 is 5.25 Å². The van der Waals surface area contributed by atoms with Crippen LogP contribution in [-0.4, -0.2) is 40.3 Å². The number of nitrogen functional groups attached to an aromatic ring is 1. The topological polar surface area (TPSA) is 104 Å². The number of nitrogens with one attached hydrogen (secondary N) is 1. The minimum absolute atomic E-state index is 0.242. The van der Waals surface area contributed by atoms with E-state index in [-0.39, 0.29) is 11.7 Å². The first-order chi connectivity index (χ1) is 13.9. The zero-order valence-corrected chi connectivity index (χ0v) is 16.9. The van der Waals surface area contributed by atoms with Gasteiger partial charge in [0.05, 0.1) is 19.5 Å². The zero-order chi connectivity index (χ0) is 21.0. The van der Waals surface area contributed by atoms with E-state index in [1.165, 1.54) is 31.0 Å². The van der Waals surface area contributed by atoms with Crippen LogP contribution < -0.4 is 20.6 Å². The highest BCUT2D eigenvalue weighted by Crippen LogP contribution is 2.30. The van der Waals surface area contributed by atoms with Crippen molar-refractivity contribution in [1.29, 1.82) is 0 Å². The molecule has 1 heterocycles. The SMILES string of the molecule is COc1ccc(NC(=O)[C@H](C)Sc2nnc(-c3ccc(F)cc3)n2N)cc1OC. The molecule has 0 unspecified atom stereocenters. The molecule has 0 fully saturated rings. The minimum atomic E-state index is -0.504. The average Bonchev–Trinajstić information content (AvgIpc) is 3.08. The maximum Gasteiger partial charge on any atom is 0.237 e. The third-order valence-corrected chi connectivity index (χ3v) is 5.13. The molecule has 0 aliphatic rings. The van der Waals surface area contributed by atoms with Gasteiger partial charge in [-0.1, -0.05) is 11.8 Å². The molecule has 10 heteroatoms. The Morgan fingerprint density at radius 1 is 1.14 bits per heavy atom. The van der Waals surface area contributed by atoms with Gasteiger partial charge >= 0.3 is 0 Å². The summed E-state index contributed by atoms with van der Waals surface area (Å²) in [7, 11) is 3.06. The van der Waals surface area contributed by atoms with E-state index in [2.05, 4.69) is 15.5 Å². The summed E-state index contributed by atoms with van der Waals surface area (Å²) in [4.78, 5) is 12.6.